The van der Waals surface area contributed by atoms with Crippen molar-refractivity contribution in [2.45, 2.75) is 27.3 Å². The maximum absolute atomic E-state index is 11.0. The van der Waals surface area contributed by atoms with Crippen molar-refractivity contribution in [1.29, 1.82) is 0 Å². The first kappa shape index (κ1) is 9.84. The van der Waals surface area contributed by atoms with Crippen LogP contribution in [-0.2, 0) is 6.54 Å². The van der Waals surface area contributed by atoms with Crippen LogP contribution in [0, 0.1) is 12.8 Å². The van der Waals surface area contributed by atoms with Crippen molar-refractivity contribution in [2.24, 2.45) is 5.92 Å². The van der Waals surface area contributed by atoms with Crippen LogP contribution >= 0.6 is 0 Å². The van der Waals surface area contributed by atoms with Gasteiger partial charge in [0.1, 0.15) is 0 Å². The van der Waals surface area contributed by atoms with E-state index in [2.05, 4.69) is 13.8 Å². The predicted molar refractivity (Wildman–Crippen MR) is 51.9 cm³/mol. The summed E-state index contributed by atoms with van der Waals surface area (Å²) in [5, 5.41) is 9.37. The molecule has 72 valence electrons. The maximum atomic E-state index is 11.0. The molecule has 0 aliphatic carbocycles. The number of rotatable bonds is 2. The van der Waals surface area contributed by atoms with E-state index in [9.17, 15) is 9.90 Å². The van der Waals surface area contributed by atoms with Crippen LogP contribution in [0.4, 0.5) is 0 Å². The van der Waals surface area contributed by atoms with Crippen LogP contribution in [-0.4, -0.2) is 9.67 Å². The Bertz CT molecular complexity index is 352. The Balaban J connectivity index is 3.11. The predicted octanol–water partition coefficient (Wildman–Crippen LogP) is 1.52. The van der Waals surface area contributed by atoms with E-state index in [1.165, 1.54) is 6.07 Å². The monoisotopic (exact) mass is 181 g/mol. The third-order valence-electron chi connectivity index (χ3n) is 1.97. The van der Waals surface area contributed by atoms with Crippen molar-refractivity contribution in [2.75, 3.05) is 0 Å². The second-order valence-corrected chi connectivity index (χ2v) is 3.66. The molecule has 0 radical (unpaired) electrons. The Morgan fingerprint density at radius 2 is 2.15 bits per heavy atom. The summed E-state index contributed by atoms with van der Waals surface area (Å²) < 4.78 is 1.89. The largest absolute Gasteiger partial charge is 0.503 e. The highest BCUT2D eigenvalue weighted by Gasteiger charge is 2.05. The van der Waals surface area contributed by atoms with E-state index in [0.717, 1.165) is 6.54 Å². The zero-order valence-electron chi connectivity index (χ0n) is 8.24. The molecule has 1 aromatic heterocycles. The Morgan fingerprint density at radius 1 is 1.54 bits per heavy atom. The maximum Gasteiger partial charge on any atom is 0.223 e. The Morgan fingerprint density at radius 3 is 2.69 bits per heavy atom. The van der Waals surface area contributed by atoms with Crippen molar-refractivity contribution in [1.82, 2.24) is 4.57 Å². The summed E-state index contributed by atoms with van der Waals surface area (Å²) >= 11 is 0. The first-order valence-electron chi connectivity index (χ1n) is 4.41. The Hall–Kier alpha value is -1.25. The Labute approximate surface area is 77.6 Å². The number of hydrogen-bond acceptors (Lipinski definition) is 2. The lowest BCUT2D eigenvalue weighted by molar-refractivity contribution is 0.441. The SMILES string of the molecule is Cc1c(O)c(=O)ccn1CC(C)C. The molecule has 1 aromatic rings. The van der Waals surface area contributed by atoms with E-state index in [1.807, 2.05) is 4.57 Å². The van der Waals surface area contributed by atoms with Crippen molar-refractivity contribution in [3.8, 4) is 5.75 Å². The second-order valence-electron chi connectivity index (χ2n) is 3.66. The fraction of sp³-hybridized carbons (Fsp3) is 0.500. The van der Waals surface area contributed by atoms with Gasteiger partial charge in [-0.3, -0.25) is 4.79 Å². The fourth-order valence-electron chi connectivity index (χ4n) is 1.25. The van der Waals surface area contributed by atoms with Gasteiger partial charge < -0.3 is 9.67 Å². The third-order valence-corrected chi connectivity index (χ3v) is 1.97. The second kappa shape index (κ2) is 3.64. The number of pyridine rings is 1. The average Bonchev–Trinajstić information content (AvgIpc) is 2.06. The number of hydrogen-bond donors (Lipinski definition) is 1. The van der Waals surface area contributed by atoms with Crippen LogP contribution in [0.5, 0.6) is 5.75 Å². The molecule has 0 spiro atoms. The van der Waals surface area contributed by atoms with Gasteiger partial charge in [0.2, 0.25) is 5.43 Å². The van der Waals surface area contributed by atoms with Crippen LogP contribution < -0.4 is 5.43 Å². The van der Waals surface area contributed by atoms with E-state index < -0.39 is 0 Å². The van der Waals surface area contributed by atoms with E-state index in [-0.39, 0.29) is 11.2 Å². The fourth-order valence-corrected chi connectivity index (χ4v) is 1.25. The molecular formula is C10H15NO2. The van der Waals surface area contributed by atoms with E-state index in [4.69, 9.17) is 0 Å². The van der Waals surface area contributed by atoms with Gasteiger partial charge in [-0.1, -0.05) is 13.8 Å². The average molecular weight is 181 g/mol. The molecule has 0 aliphatic heterocycles. The normalized spacial score (nSPS) is 10.8. The quantitative estimate of drug-likeness (QED) is 0.751. The van der Waals surface area contributed by atoms with Gasteiger partial charge in [-0.05, 0) is 12.8 Å². The van der Waals surface area contributed by atoms with Gasteiger partial charge in [0.15, 0.2) is 5.75 Å². The smallest absolute Gasteiger partial charge is 0.223 e. The number of aromatic hydroxyl groups is 1. The van der Waals surface area contributed by atoms with Gasteiger partial charge in [0.25, 0.3) is 0 Å². The van der Waals surface area contributed by atoms with Crippen molar-refractivity contribution < 1.29 is 5.11 Å². The van der Waals surface area contributed by atoms with Crippen LogP contribution in [0.1, 0.15) is 19.5 Å². The highest BCUT2D eigenvalue weighted by Crippen LogP contribution is 2.10. The minimum absolute atomic E-state index is 0.136. The Kier molecular flexibility index (Phi) is 2.76. The lowest BCUT2D eigenvalue weighted by atomic mass is 10.2. The first-order valence-corrected chi connectivity index (χ1v) is 4.41. The molecule has 0 aliphatic rings. The molecule has 1 rings (SSSR count). The van der Waals surface area contributed by atoms with Gasteiger partial charge in [-0.25, -0.2) is 0 Å². The molecule has 3 heteroatoms. The van der Waals surface area contributed by atoms with Crippen LogP contribution in [0.3, 0.4) is 0 Å². The molecule has 0 unspecified atom stereocenters. The number of aromatic nitrogens is 1. The lowest BCUT2D eigenvalue weighted by Crippen LogP contribution is -2.12. The highest BCUT2D eigenvalue weighted by atomic mass is 16.3. The minimum Gasteiger partial charge on any atom is -0.503 e. The van der Waals surface area contributed by atoms with Gasteiger partial charge in [-0.15, -0.1) is 0 Å². The molecular weight excluding hydrogens is 166 g/mol. The molecule has 0 bridgehead atoms. The van der Waals surface area contributed by atoms with Crippen molar-refractivity contribution in [3.63, 3.8) is 0 Å². The molecule has 3 nitrogen and oxygen atoms in total. The summed E-state index contributed by atoms with van der Waals surface area (Å²) in [6.45, 7) is 6.75. The highest BCUT2D eigenvalue weighted by molar-refractivity contribution is 5.25. The lowest BCUT2D eigenvalue weighted by Gasteiger charge is -2.13. The van der Waals surface area contributed by atoms with Crippen LogP contribution in [0.25, 0.3) is 0 Å². The first-order chi connectivity index (χ1) is 6.02. The standard InChI is InChI=1S/C10H15NO2/c1-7(2)6-11-5-4-9(12)10(13)8(11)3/h4-5,7,13H,6H2,1-3H3. The zero-order chi connectivity index (χ0) is 10.0. The summed E-state index contributed by atoms with van der Waals surface area (Å²) in [6, 6.07) is 1.39. The topological polar surface area (TPSA) is 42.2 Å². The van der Waals surface area contributed by atoms with Crippen molar-refractivity contribution in [3.05, 3.63) is 28.2 Å². The van der Waals surface area contributed by atoms with E-state index >= 15 is 0 Å². The van der Waals surface area contributed by atoms with Crippen LogP contribution in [0.2, 0.25) is 0 Å². The molecule has 0 amide bonds. The summed E-state index contributed by atoms with van der Waals surface area (Å²) in [7, 11) is 0. The molecule has 0 saturated heterocycles. The summed E-state index contributed by atoms with van der Waals surface area (Å²) in [5.41, 5.74) is 0.332. The zero-order valence-corrected chi connectivity index (χ0v) is 8.24. The van der Waals surface area contributed by atoms with Gasteiger partial charge in [0.05, 0.1) is 5.69 Å². The molecule has 13 heavy (non-hydrogen) atoms. The van der Waals surface area contributed by atoms with Gasteiger partial charge in [0, 0.05) is 18.8 Å². The summed E-state index contributed by atoms with van der Waals surface area (Å²) in [6.07, 6.45) is 1.72. The summed E-state index contributed by atoms with van der Waals surface area (Å²) in [4.78, 5) is 11.0. The van der Waals surface area contributed by atoms with E-state index in [1.54, 1.807) is 13.1 Å². The molecule has 0 aromatic carbocycles. The van der Waals surface area contributed by atoms with Crippen molar-refractivity contribution >= 4 is 0 Å². The molecule has 0 saturated carbocycles. The molecule has 0 fully saturated rings. The third kappa shape index (κ3) is 2.11. The molecule has 0 atom stereocenters. The summed E-state index contributed by atoms with van der Waals surface area (Å²) in [5.74, 6) is 0.365. The molecule has 1 N–H and O–H groups in total. The number of nitrogens with zero attached hydrogens (tertiary/aromatic N) is 1. The van der Waals surface area contributed by atoms with Gasteiger partial charge in [-0.2, -0.15) is 0 Å². The van der Waals surface area contributed by atoms with Crippen LogP contribution in [0.15, 0.2) is 17.1 Å². The minimum atomic E-state index is -0.308. The van der Waals surface area contributed by atoms with Gasteiger partial charge >= 0.3 is 0 Å². The molecule has 1 heterocycles. The van der Waals surface area contributed by atoms with E-state index in [0.29, 0.717) is 11.6 Å².